The third-order valence-electron chi connectivity index (χ3n) is 9.02. The number of aliphatic hydroxyl groups excluding tert-OH is 1. The standard InChI is InChI=1S/C30H32Cl2FN3O3/c31-17-8-13-21-23(15-17)35-29(39)30(21)24(14-16-4-1-2-5-16)36-27(25(30)20-6-3-7-22(32)26(20)33)28(38)34-18-9-11-19(37)12-10-18/h3,6-8,13-15,18-19,24-25,27,36-37H,1-2,4-5,9-12H2,(H,34,38)(H,35,39)/t18-,19-,24?,25?,27-,30?/m1/s1. The second-order valence-electron chi connectivity index (χ2n) is 11.3. The van der Waals surface area contributed by atoms with Crippen molar-refractivity contribution in [3.63, 3.8) is 0 Å². The summed E-state index contributed by atoms with van der Waals surface area (Å²) in [5.74, 6) is -2.10. The Morgan fingerprint density at radius 3 is 2.59 bits per heavy atom. The molecule has 6 nitrogen and oxygen atoms in total. The topological polar surface area (TPSA) is 90.5 Å². The maximum Gasteiger partial charge on any atom is 0.238 e. The Kier molecular flexibility index (Phi) is 7.21. The number of aliphatic hydroxyl groups is 1. The van der Waals surface area contributed by atoms with Gasteiger partial charge in [0.25, 0.3) is 0 Å². The molecule has 4 N–H and O–H groups in total. The number of halogens is 3. The van der Waals surface area contributed by atoms with Crippen LogP contribution < -0.4 is 16.0 Å². The van der Waals surface area contributed by atoms with Gasteiger partial charge in [-0.05, 0) is 80.7 Å². The summed E-state index contributed by atoms with van der Waals surface area (Å²) in [4.78, 5) is 28.2. The lowest BCUT2D eigenvalue weighted by atomic mass is 9.64. The minimum absolute atomic E-state index is 0.0598. The number of hydrogen-bond acceptors (Lipinski definition) is 4. The van der Waals surface area contributed by atoms with Gasteiger partial charge in [-0.25, -0.2) is 4.39 Å². The molecular formula is C30H32Cl2FN3O3. The van der Waals surface area contributed by atoms with Crippen LogP contribution in [0.4, 0.5) is 10.1 Å². The predicted octanol–water partition coefficient (Wildman–Crippen LogP) is 5.37. The SMILES string of the molecule is O=C(N[C@H]1CC[C@H](O)CC1)[C@@H]1NC(C=C2CCCC2)C2(C(=O)Nc3cc(Cl)ccc32)C1c1cccc(Cl)c1F. The van der Waals surface area contributed by atoms with Crippen LogP contribution in [0.25, 0.3) is 0 Å². The first kappa shape index (κ1) is 26.8. The lowest BCUT2D eigenvalue weighted by Crippen LogP contribution is -2.49. The normalized spacial score (nSPS) is 31.8. The van der Waals surface area contributed by atoms with Gasteiger partial charge in [-0.3, -0.25) is 14.9 Å². The van der Waals surface area contributed by atoms with Gasteiger partial charge in [0.1, 0.15) is 11.2 Å². The molecule has 0 aromatic heterocycles. The lowest BCUT2D eigenvalue weighted by Gasteiger charge is -2.35. The molecule has 2 heterocycles. The van der Waals surface area contributed by atoms with E-state index in [1.165, 1.54) is 11.6 Å². The fourth-order valence-corrected chi connectivity index (χ4v) is 7.51. The molecule has 2 aromatic carbocycles. The Bertz CT molecular complexity index is 1330. The van der Waals surface area contributed by atoms with Gasteiger partial charge in [-0.1, -0.05) is 53.1 Å². The molecule has 3 unspecified atom stereocenters. The van der Waals surface area contributed by atoms with Crippen LogP contribution in [0.15, 0.2) is 48.0 Å². The molecule has 39 heavy (non-hydrogen) atoms. The van der Waals surface area contributed by atoms with Crippen molar-refractivity contribution in [1.82, 2.24) is 10.6 Å². The third kappa shape index (κ3) is 4.57. The maximum absolute atomic E-state index is 15.8. The molecule has 4 aliphatic rings. The average Bonchev–Trinajstić information content (AvgIpc) is 3.61. The summed E-state index contributed by atoms with van der Waals surface area (Å²) >= 11 is 12.6. The van der Waals surface area contributed by atoms with Gasteiger partial charge in [0.2, 0.25) is 11.8 Å². The number of benzene rings is 2. The van der Waals surface area contributed by atoms with Crippen LogP contribution in [0.1, 0.15) is 68.4 Å². The van der Waals surface area contributed by atoms with Crippen molar-refractivity contribution >= 4 is 40.7 Å². The molecule has 2 amide bonds. The molecule has 1 saturated heterocycles. The van der Waals surface area contributed by atoms with E-state index in [-0.39, 0.29) is 34.5 Å². The Hall–Kier alpha value is -2.45. The third-order valence-corrected chi connectivity index (χ3v) is 9.54. The van der Waals surface area contributed by atoms with Crippen molar-refractivity contribution < 1.29 is 19.1 Å². The number of hydrogen-bond donors (Lipinski definition) is 4. The van der Waals surface area contributed by atoms with Crippen LogP contribution in [0, 0.1) is 5.82 Å². The first-order chi connectivity index (χ1) is 18.8. The molecule has 2 aliphatic carbocycles. The first-order valence-electron chi connectivity index (χ1n) is 13.8. The average molecular weight is 573 g/mol. The molecule has 3 fully saturated rings. The molecule has 1 spiro atoms. The molecule has 6 rings (SSSR count). The van der Waals surface area contributed by atoms with E-state index < -0.39 is 29.2 Å². The molecule has 2 aliphatic heterocycles. The van der Waals surface area contributed by atoms with E-state index in [1.807, 2.05) is 6.07 Å². The number of nitrogens with one attached hydrogen (secondary N) is 3. The highest BCUT2D eigenvalue weighted by atomic mass is 35.5. The molecule has 9 heteroatoms. The summed E-state index contributed by atoms with van der Waals surface area (Å²) in [5.41, 5.74) is 1.41. The van der Waals surface area contributed by atoms with E-state index in [4.69, 9.17) is 23.2 Å². The molecular weight excluding hydrogens is 540 g/mol. The van der Waals surface area contributed by atoms with Gasteiger partial charge in [0.15, 0.2) is 0 Å². The van der Waals surface area contributed by atoms with Gasteiger partial charge < -0.3 is 15.7 Å². The van der Waals surface area contributed by atoms with Gasteiger partial charge in [-0.2, -0.15) is 0 Å². The highest BCUT2D eigenvalue weighted by Gasteiger charge is 2.65. The fraction of sp³-hybridized carbons (Fsp3) is 0.467. The molecule has 4 atom stereocenters. The Morgan fingerprint density at radius 1 is 1.10 bits per heavy atom. The van der Waals surface area contributed by atoms with E-state index >= 15 is 4.39 Å². The number of allylic oxidation sites excluding steroid dienone is 1. The number of carbonyl (C=O) groups excluding carboxylic acids is 2. The molecule has 2 aromatic rings. The zero-order valence-corrected chi connectivity index (χ0v) is 23.0. The van der Waals surface area contributed by atoms with Crippen molar-refractivity contribution in [2.75, 3.05) is 5.32 Å². The fourth-order valence-electron chi connectivity index (χ4n) is 7.16. The summed E-state index contributed by atoms with van der Waals surface area (Å²) in [6.07, 6.45) is 8.31. The first-order valence-corrected chi connectivity index (χ1v) is 14.5. The molecule has 206 valence electrons. The van der Waals surface area contributed by atoms with Crippen LogP contribution in [0.2, 0.25) is 10.0 Å². The largest absolute Gasteiger partial charge is 0.393 e. The van der Waals surface area contributed by atoms with E-state index in [9.17, 15) is 14.7 Å². The minimum Gasteiger partial charge on any atom is -0.393 e. The van der Waals surface area contributed by atoms with Crippen LogP contribution >= 0.6 is 23.2 Å². The van der Waals surface area contributed by atoms with Crippen molar-refractivity contribution in [3.8, 4) is 0 Å². The summed E-state index contributed by atoms with van der Waals surface area (Å²) in [6, 6.07) is 8.45. The van der Waals surface area contributed by atoms with E-state index in [1.54, 1.807) is 24.3 Å². The zero-order valence-electron chi connectivity index (χ0n) is 21.5. The predicted molar refractivity (Wildman–Crippen MR) is 150 cm³/mol. The highest BCUT2D eigenvalue weighted by Crippen LogP contribution is 2.56. The van der Waals surface area contributed by atoms with Crippen molar-refractivity contribution in [3.05, 3.63) is 75.0 Å². The Morgan fingerprint density at radius 2 is 1.85 bits per heavy atom. The number of fused-ring (bicyclic) bond motifs is 2. The van der Waals surface area contributed by atoms with Crippen molar-refractivity contribution in [2.24, 2.45) is 0 Å². The molecule has 0 bridgehead atoms. The summed E-state index contributed by atoms with van der Waals surface area (Å²) in [6.45, 7) is 0. The minimum atomic E-state index is -1.30. The van der Waals surface area contributed by atoms with E-state index in [2.05, 4.69) is 22.0 Å². The van der Waals surface area contributed by atoms with Crippen LogP contribution in [0.3, 0.4) is 0 Å². The summed E-state index contributed by atoms with van der Waals surface area (Å²) in [5, 5.41) is 20.0. The van der Waals surface area contributed by atoms with Gasteiger partial charge >= 0.3 is 0 Å². The van der Waals surface area contributed by atoms with Crippen LogP contribution in [-0.2, 0) is 15.0 Å². The van der Waals surface area contributed by atoms with Gasteiger partial charge in [0, 0.05) is 28.7 Å². The van der Waals surface area contributed by atoms with Gasteiger partial charge in [0.05, 0.1) is 17.2 Å². The van der Waals surface area contributed by atoms with Crippen LogP contribution in [-0.4, -0.2) is 41.2 Å². The number of carbonyl (C=O) groups is 2. The lowest BCUT2D eigenvalue weighted by molar-refractivity contribution is -0.124. The second kappa shape index (κ2) is 10.5. The monoisotopic (exact) mass is 571 g/mol. The summed E-state index contributed by atoms with van der Waals surface area (Å²) < 4.78 is 15.8. The molecule has 2 saturated carbocycles. The quantitative estimate of drug-likeness (QED) is 0.371. The van der Waals surface area contributed by atoms with Gasteiger partial charge in [-0.15, -0.1) is 0 Å². The van der Waals surface area contributed by atoms with Crippen molar-refractivity contribution in [1.29, 1.82) is 0 Å². The smallest absolute Gasteiger partial charge is 0.238 e. The number of anilines is 1. The Balaban J connectivity index is 1.51. The maximum atomic E-state index is 15.8. The number of rotatable bonds is 4. The van der Waals surface area contributed by atoms with E-state index in [0.717, 1.165) is 25.7 Å². The van der Waals surface area contributed by atoms with E-state index in [0.29, 0.717) is 42.0 Å². The van der Waals surface area contributed by atoms with Crippen LogP contribution in [0.5, 0.6) is 0 Å². The van der Waals surface area contributed by atoms with Crippen molar-refractivity contribution in [2.45, 2.75) is 86.9 Å². The summed E-state index contributed by atoms with van der Waals surface area (Å²) in [7, 11) is 0. The zero-order chi connectivity index (χ0) is 27.3. The number of amides is 2. The Labute approximate surface area is 237 Å². The molecule has 0 radical (unpaired) electrons. The highest BCUT2D eigenvalue weighted by molar-refractivity contribution is 6.31. The second-order valence-corrected chi connectivity index (χ2v) is 12.1.